The van der Waals surface area contributed by atoms with Crippen molar-refractivity contribution >= 4 is 20.0 Å². The number of aromatic carboxylic acids is 1. The van der Waals surface area contributed by atoms with Gasteiger partial charge in [0.2, 0.25) is 0 Å². The van der Waals surface area contributed by atoms with Crippen molar-refractivity contribution < 1.29 is 24.2 Å². The molecule has 0 saturated heterocycles. The Kier molecular flexibility index (Phi) is 7.19. The van der Waals surface area contributed by atoms with Gasteiger partial charge in [-0.3, -0.25) is 0 Å². The molecular weight excluding hydrogens is 348 g/mol. The molecule has 0 aliphatic heterocycles. The molecular formula is C20H28O5Si. The fourth-order valence-electron chi connectivity index (χ4n) is 2.09. The van der Waals surface area contributed by atoms with Gasteiger partial charge in [-0.2, -0.15) is 0 Å². The molecule has 0 aromatic heterocycles. The van der Waals surface area contributed by atoms with Gasteiger partial charge < -0.3 is 14.6 Å². The topological polar surface area (TPSA) is 72.8 Å². The first-order valence-corrected chi connectivity index (χ1v) is 12.0. The fraction of sp³-hybridized carbons (Fsp3) is 0.500. The number of hydrogen-bond acceptors (Lipinski definition) is 4. The van der Waals surface area contributed by atoms with Gasteiger partial charge in [0.15, 0.2) is 0 Å². The maximum absolute atomic E-state index is 11.7. The molecule has 6 heteroatoms. The van der Waals surface area contributed by atoms with E-state index in [-0.39, 0.29) is 18.8 Å². The number of hydrogen-bond donors (Lipinski definition) is 1. The average Bonchev–Trinajstić information content (AvgIpc) is 2.44. The molecule has 0 bridgehead atoms. The second-order valence-electron chi connectivity index (χ2n) is 8.20. The molecule has 142 valence electrons. The first kappa shape index (κ1) is 21.9. The lowest BCUT2D eigenvalue weighted by Gasteiger charge is -2.19. The third kappa shape index (κ3) is 7.85. The molecule has 1 aromatic carbocycles. The number of carboxylic acid groups (broad SMARTS) is 1. The lowest BCUT2D eigenvalue weighted by Crippen LogP contribution is -2.26. The van der Waals surface area contributed by atoms with E-state index in [1.807, 2.05) is 6.07 Å². The summed E-state index contributed by atoms with van der Waals surface area (Å²) in [6.45, 7) is 13.4. The molecule has 0 heterocycles. The van der Waals surface area contributed by atoms with Crippen molar-refractivity contribution in [3.8, 4) is 11.5 Å². The summed E-state index contributed by atoms with van der Waals surface area (Å²) in [7, 11) is -1.59. The summed E-state index contributed by atoms with van der Waals surface area (Å²) < 4.78 is 10.6. The van der Waals surface area contributed by atoms with Crippen LogP contribution in [0.1, 0.15) is 47.8 Å². The fourth-order valence-corrected chi connectivity index (χ4v) is 2.60. The van der Waals surface area contributed by atoms with Crippen LogP contribution in [-0.2, 0) is 20.9 Å². The van der Waals surface area contributed by atoms with Gasteiger partial charge in [0.1, 0.15) is 20.3 Å². The van der Waals surface area contributed by atoms with E-state index in [0.717, 1.165) is 0 Å². The summed E-state index contributed by atoms with van der Waals surface area (Å²) >= 11 is 0. The van der Waals surface area contributed by atoms with Gasteiger partial charge in [0.05, 0.1) is 12.2 Å². The third-order valence-corrected chi connectivity index (χ3v) is 4.05. The standard InChI is InChI=1S/C20H28O5Si/c1-14-16(8-9-26(5,6)7)10-15(11-17(14)19(22)23)12-24-13-18(21)25-20(2,3)4/h10-11H,12-13H2,1-7H3,(H,22,23). The summed E-state index contributed by atoms with van der Waals surface area (Å²) in [6, 6.07) is 3.39. The minimum Gasteiger partial charge on any atom is -0.478 e. The zero-order valence-electron chi connectivity index (χ0n) is 16.6. The van der Waals surface area contributed by atoms with E-state index in [0.29, 0.717) is 16.7 Å². The summed E-state index contributed by atoms with van der Waals surface area (Å²) in [4.78, 5) is 23.2. The van der Waals surface area contributed by atoms with Crippen LogP contribution in [0.25, 0.3) is 0 Å². The van der Waals surface area contributed by atoms with Crippen LogP contribution in [0.5, 0.6) is 0 Å². The van der Waals surface area contributed by atoms with Crippen LogP contribution < -0.4 is 0 Å². The maximum atomic E-state index is 11.7. The molecule has 0 unspecified atom stereocenters. The molecule has 0 spiro atoms. The Morgan fingerprint density at radius 2 is 1.81 bits per heavy atom. The Balaban J connectivity index is 2.98. The second kappa shape index (κ2) is 8.52. The van der Waals surface area contributed by atoms with Gasteiger partial charge in [0.25, 0.3) is 0 Å². The Morgan fingerprint density at radius 1 is 1.19 bits per heavy atom. The molecule has 5 nitrogen and oxygen atoms in total. The highest BCUT2D eigenvalue weighted by molar-refractivity contribution is 6.83. The summed E-state index contributed by atoms with van der Waals surface area (Å²) in [5, 5.41) is 9.43. The highest BCUT2D eigenvalue weighted by Gasteiger charge is 2.17. The van der Waals surface area contributed by atoms with E-state index in [1.165, 1.54) is 0 Å². The average molecular weight is 377 g/mol. The van der Waals surface area contributed by atoms with Crippen LogP contribution in [0.2, 0.25) is 19.6 Å². The smallest absolute Gasteiger partial charge is 0.336 e. The molecule has 1 N–H and O–H groups in total. The number of carbonyl (C=O) groups excluding carboxylic acids is 1. The van der Waals surface area contributed by atoms with Crippen molar-refractivity contribution in [2.75, 3.05) is 6.61 Å². The van der Waals surface area contributed by atoms with Crippen molar-refractivity contribution in [1.29, 1.82) is 0 Å². The zero-order valence-corrected chi connectivity index (χ0v) is 17.6. The molecule has 26 heavy (non-hydrogen) atoms. The number of rotatable bonds is 5. The van der Waals surface area contributed by atoms with E-state index >= 15 is 0 Å². The molecule has 0 atom stereocenters. The summed E-state index contributed by atoms with van der Waals surface area (Å²) in [5.41, 5.74) is 4.87. The second-order valence-corrected chi connectivity index (χ2v) is 13.0. The number of ether oxygens (including phenoxy) is 2. The molecule has 0 radical (unpaired) electrons. The lowest BCUT2D eigenvalue weighted by molar-refractivity contribution is -0.160. The minimum absolute atomic E-state index is 0.113. The highest BCUT2D eigenvalue weighted by Crippen LogP contribution is 2.18. The predicted molar refractivity (Wildman–Crippen MR) is 104 cm³/mol. The van der Waals surface area contributed by atoms with E-state index in [1.54, 1.807) is 33.8 Å². The Bertz CT molecular complexity index is 742. The Hall–Kier alpha value is -2.10. The lowest BCUT2D eigenvalue weighted by atomic mass is 9.99. The van der Waals surface area contributed by atoms with Gasteiger partial charge >= 0.3 is 11.9 Å². The van der Waals surface area contributed by atoms with E-state index in [4.69, 9.17) is 9.47 Å². The monoisotopic (exact) mass is 376 g/mol. The Morgan fingerprint density at radius 3 is 2.31 bits per heavy atom. The molecule has 0 fully saturated rings. The summed E-state index contributed by atoms with van der Waals surface area (Å²) in [5.74, 6) is 1.66. The van der Waals surface area contributed by atoms with Crippen molar-refractivity contribution in [3.05, 3.63) is 34.4 Å². The van der Waals surface area contributed by atoms with Crippen molar-refractivity contribution in [3.63, 3.8) is 0 Å². The minimum atomic E-state index is -1.59. The molecule has 0 aliphatic carbocycles. The Labute approximate surface area is 156 Å². The number of esters is 1. The van der Waals surface area contributed by atoms with Crippen molar-refractivity contribution in [2.45, 2.75) is 59.5 Å². The first-order valence-electron chi connectivity index (χ1n) is 8.48. The molecule has 0 aliphatic rings. The van der Waals surface area contributed by atoms with Gasteiger partial charge in [-0.15, -0.1) is 5.54 Å². The number of benzene rings is 1. The van der Waals surface area contributed by atoms with Crippen LogP contribution in [0.3, 0.4) is 0 Å². The van der Waals surface area contributed by atoms with Gasteiger partial charge in [0, 0.05) is 5.56 Å². The van der Waals surface area contributed by atoms with Crippen LogP contribution in [0.4, 0.5) is 0 Å². The van der Waals surface area contributed by atoms with Crippen LogP contribution >= 0.6 is 0 Å². The van der Waals surface area contributed by atoms with Crippen molar-refractivity contribution in [2.24, 2.45) is 0 Å². The van der Waals surface area contributed by atoms with Crippen LogP contribution in [-0.4, -0.2) is 37.3 Å². The predicted octanol–water partition coefficient (Wildman–Crippen LogP) is 3.78. The van der Waals surface area contributed by atoms with Crippen molar-refractivity contribution in [1.82, 2.24) is 0 Å². The van der Waals surface area contributed by atoms with Crippen LogP contribution in [0.15, 0.2) is 12.1 Å². The molecule has 1 aromatic rings. The third-order valence-electron chi connectivity index (χ3n) is 3.18. The number of carbonyl (C=O) groups is 2. The van der Waals surface area contributed by atoms with Gasteiger partial charge in [-0.05, 0) is 51.0 Å². The largest absolute Gasteiger partial charge is 0.478 e. The SMILES string of the molecule is Cc1c(C#C[Si](C)(C)C)cc(COCC(=O)OC(C)(C)C)cc1C(=O)O. The van der Waals surface area contributed by atoms with E-state index in [9.17, 15) is 14.7 Å². The molecule has 0 saturated carbocycles. The van der Waals surface area contributed by atoms with Gasteiger partial charge in [-0.1, -0.05) is 25.6 Å². The first-order chi connectivity index (χ1) is 11.8. The van der Waals surface area contributed by atoms with E-state index in [2.05, 4.69) is 31.1 Å². The molecule has 0 amide bonds. The van der Waals surface area contributed by atoms with E-state index < -0.39 is 25.6 Å². The van der Waals surface area contributed by atoms with Gasteiger partial charge in [-0.25, -0.2) is 9.59 Å². The quantitative estimate of drug-likeness (QED) is 0.481. The number of carboxylic acids is 1. The summed E-state index contributed by atoms with van der Waals surface area (Å²) in [6.07, 6.45) is 0. The zero-order chi connectivity index (χ0) is 20.1. The maximum Gasteiger partial charge on any atom is 0.336 e. The molecule has 1 rings (SSSR count). The normalized spacial score (nSPS) is 11.5. The highest BCUT2D eigenvalue weighted by atomic mass is 28.3. The van der Waals surface area contributed by atoms with Crippen LogP contribution in [0, 0.1) is 18.4 Å².